The zero-order valence-corrected chi connectivity index (χ0v) is 16.6. The molecule has 27 heavy (non-hydrogen) atoms. The topological polar surface area (TPSA) is 37.8 Å². The fraction of sp³-hybridized carbons (Fsp3) is 0. The fourth-order valence-electron chi connectivity index (χ4n) is 3.12. The van der Waals surface area contributed by atoms with Crippen LogP contribution in [0.3, 0.4) is 0 Å². The van der Waals surface area contributed by atoms with Gasteiger partial charge in [-0.1, -0.05) is 52.3 Å². The normalized spacial score (nSPS) is 11.1. The fourth-order valence-corrected chi connectivity index (χ4v) is 4.23. The SMILES string of the molecule is Brc1cccc(Nc2nc3cc4ccccc4cc3nc2-c2cccs2)c1. The summed E-state index contributed by atoms with van der Waals surface area (Å²) in [6, 6.07) is 24.7. The van der Waals surface area contributed by atoms with Crippen LogP contribution in [0, 0.1) is 0 Å². The lowest BCUT2D eigenvalue weighted by Crippen LogP contribution is -1.99. The van der Waals surface area contributed by atoms with Crippen LogP contribution in [0.25, 0.3) is 32.4 Å². The third-order valence-corrected chi connectivity index (χ3v) is 5.74. The van der Waals surface area contributed by atoms with Crippen molar-refractivity contribution in [3.05, 3.63) is 82.6 Å². The van der Waals surface area contributed by atoms with E-state index in [1.807, 2.05) is 42.5 Å². The highest BCUT2D eigenvalue weighted by Gasteiger charge is 2.13. The molecule has 2 heterocycles. The number of thiophene rings is 1. The number of fused-ring (bicyclic) bond motifs is 2. The van der Waals surface area contributed by atoms with Crippen LogP contribution < -0.4 is 5.32 Å². The number of halogens is 1. The van der Waals surface area contributed by atoms with E-state index in [-0.39, 0.29) is 0 Å². The molecule has 0 atom stereocenters. The van der Waals surface area contributed by atoms with E-state index in [2.05, 4.69) is 57.0 Å². The molecule has 0 bridgehead atoms. The number of nitrogens with one attached hydrogen (secondary N) is 1. The second kappa shape index (κ2) is 6.76. The summed E-state index contributed by atoms with van der Waals surface area (Å²) < 4.78 is 1.02. The van der Waals surface area contributed by atoms with Crippen molar-refractivity contribution < 1.29 is 0 Å². The molecule has 5 aromatic rings. The molecule has 3 aromatic carbocycles. The summed E-state index contributed by atoms with van der Waals surface area (Å²) in [5.41, 5.74) is 3.62. The van der Waals surface area contributed by atoms with E-state index in [1.54, 1.807) is 11.3 Å². The molecule has 0 saturated heterocycles. The van der Waals surface area contributed by atoms with Gasteiger partial charge < -0.3 is 5.32 Å². The first-order valence-electron chi connectivity index (χ1n) is 8.53. The number of rotatable bonds is 3. The van der Waals surface area contributed by atoms with Crippen LogP contribution in [0.4, 0.5) is 11.5 Å². The molecule has 0 aliphatic rings. The average Bonchev–Trinajstić information content (AvgIpc) is 3.20. The van der Waals surface area contributed by atoms with Crippen molar-refractivity contribution in [1.82, 2.24) is 9.97 Å². The number of hydrogen-bond donors (Lipinski definition) is 1. The molecule has 0 amide bonds. The molecular formula is C22H14BrN3S. The van der Waals surface area contributed by atoms with Crippen LogP contribution in [-0.2, 0) is 0 Å². The molecule has 0 spiro atoms. The number of benzene rings is 3. The highest BCUT2D eigenvalue weighted by molar-refractivity contribution is 9.10. The van der Waals surface area contributed by atoms with Crippen molar-refractivity contribution in [2.24, 2.45) is 0 Å². The van der Waals surface area contributed by atoms with Crippen molar-refractivity contribution >= 4 is 60.6 Å². The van der Waals surface area contributed by atoms with Gasteiger partial charge in [0.05, 0.1) is 15.9 Å². The van der Waals surface area contributed by atoms with Crippen molar-refractivity contribution in [3.8, 4) is 10.6 Å². The Labute approximate surface area is 168 Å². The molecule has 0 radical (unpaired) electrons. The lowest BCUT2D eigenvalue weighted by atomic mass is 10.1. The van der Waals surface area contributed by atoms with Crippen molar-refractivity contribution in [1.29, 1.82) is 0 Å². The smallest absolute Gasteiger partial charge is 0.158 e. The number of hydrogen-bond acceptors (Lipinski definition) is 4. The first-order chi connectivity index (χ1) is 13.3. The minimum atomic E-state index is 0.762. The van der Waals surface area contributed by atoms with Crippen LogP contribution in [0.2, 0.25) is 0 Å². The maximum absolute atomic E-state index is 4.96. The van der Waals surface area contributed by atoms with Gasteiger partial charge >= 0.3 is 0 Å². The lowest BCUT2D eigenvalue weighted by molar-refractivity contribution is 1.29. The minimum absolute atomic E-state index is 0.762. The number of aromatic nitrogens is 2. The van der Waals surface area contributed by atoms with Gasteiger partial charge in [0.2, 0.25) is 0 Å². The van der Waals surface area contributed by atoms with Crippen molar-refractivity contribution in [2.75, 3.05) is 5.32 Å². The molecule has 3 nitrogen and oxygen atoms in total. The first kappa shape index (κ1) is 16.4. The molecule has 5 heteroatoms. The summed E-state index contributed by atoms with van der Waals surface area (Å²) in [6.45, 7) is 0. The predicted molar refractivity (Wildman–Crippen MR) is 118 cm³/mol. The number of anilines is 2. The van der Waals surface area contributed by atoms with Crippen LogP contribution in [0.15, 0.2) is 82.6 Å². The van der Waals surface area contributed by atoms with Gasteiger partial charge in [-0.25, -0.2) is 9.97 Å². The number of nitrogens with zero attached hydrogens (tertiary/aromatic N) is 2. The Morgan fingerprint density at radius 3 is 2.26 bits per heavy atom. The lowest BCUT2D eigenvalue weighted by Gasteiger charge is -2.12. The Hall–Kier alpha value is -2.76. The molecule has 5 rings (SSSR count). The molecule has 2 aromatic heterocycles. The van der Waals surface area contributed by atoms with Crippen LogP contribution in [0.1, 0.15) is 0 Å². The highest BCUT2D eigenvalue weighted by Crippen LogP contribution is 2.33. The van der Waals surface area contributed by atoms with Gasteiger partial charge in [0.1, 0.15) is 5.69 Å². The molecule has 1 N–H and O–H groups in total. The zero-order chi connectivity index (χ0) is 18.2. The molecule has 0 aliphatic heterocycles. The first-order valence-corrected chi connectivity index (χ1v) is 10.2. The summed E-state index contributed by atoms with van der Waals surface area (Å²) in [5, 5.41) is 7.84. The average molecular weight is 432 g/mol. The van der Waals surface area contributed by atoms with E-state index < -0.39 is 0 Å². The van der Waals surface area contributed by atoms with Gasteiger partial charge in [0, 0.05) is 10.2 Å². The van der Waals surface area contributed by atoms with Gasteiger partial charge in [0.15, 0.2) is 5.82 Å². The van der Waals surface area contributed by atoms with E-state index in [9.17, 15) is 0 Å². The third-order valence-electron chi connectivity index (χ3n) is 4.37. The maximum Gasteiger partial charge on any atom is 0.158 e. The van der Waals surface area contributed by atoms with E-state index >= 15 is 0 Å². The largest absolute Gasteiger partial charge is 0.338 e. The van der Waals surface area contributed by atoms with E-state index in [0.717, 1.165) is 43.0 Å². The summed E-state index contributed by atoms with van der Waals surface area (Å²) >= 11 is 5.19. The van der Waals surface area contributed by atoms with Gasteiger partial charge in [-0.2, -0.15) is 0 Å². The molecule has 0 fully saturated rings. The summed E-state index contributed by atoms with van der Waals surface area (Å²) in [7, 11) is 0. The highest BCUT2D eigenvalue weighted by atomic mass is 79.9. The van der Waals surface area contributed by atoms with Crippen molar-refractivity contribution in [2.45, 2.75) is 0 Å². The second-order valence-electron chi connectivity index (χ2n) is 6.22. The zero-order valence-electron chi connectivity index (χ0n) is 14.2. The summed E-state index contributed by atoms with van der Waals surface area (Å²) in [6.07, 6.45) is 0. The Balaban J connectivity index is 1.73. The van der Waals surface area contributed by atoms with Gasteiger partial charge in [0.25, 0.3) is 0 Å². The summed E-state index contributed by atoms with van der Waals surface area (Å²) in [5.74, 6) is 0.762. The van der Waals surface area contributed by atoms with Crippen LogP contribution in [-0.4, -0.2) is 9.97 Å². The van der Waals surface area contributed by atoms with Gasteiger partial charge in [-0.05, 0) is 52.6 Å². The second-order valence-corrected chi connectivity index (χ2v) is 8.08. The molecule has 0 aliphatic carbocycles. The standard InChI is InChI=1S/C22H14BrN3S/c23-16-7-3-8-17(13-16)24-22-21(20-9-4-10-27-20)25-18-11-14-5-1-2-6-15(14)12-19(18)26-22/h1-13H,(H,24,26). The van der Waals surface area contributed by atoms with Gasteiger partial charge in [-0.15, -0.1) is 11.3 Å². The van der Waals surface area contributed by atoms with Crippen LogP contribution in [0.5, 0.6) is 0 Å². The molecule has 0 saturated carbocycles. The van der Waals surface area contributed by atoms with E-state index in [0.29, 0.717) is 0 Å². The van der Waals surface area contributed by atoms with E-state index in [1.165, 1.54) is 5.39 Å². The Bertz CT molecular complexity index is 1270. The van der Waals surface area contributed by atoms with E-state index in [4.69, 9.17) is 9.97 Å². The molecule has 0 unspecified atom stereocenters. The monoisotopic (exact) mass is 431 g/mol. The Kier molecular flexibility index (Phi) is 4.11. The van der Waals surface area contributed by atoms with Gasteiger partial charge in [-0.3, -0.25) is 0 Å². The van der Waals surface area contributed by atoms with Crippen molar-refractivity contribution in [3.63, 3.8) is 0 Å². The third kappa shape index (κ3) is 3.20. The minimum Gasteiger partial charge on any atom is -0.338 e. The van der Waals surface area contributed by atoms with Crippen LogP contribution >= 0.6 is 27.3 Å². The predicted octanol–water partition coefficient (Wildman–Crippen LogP) is 7.02. The molecule has 130 valence electrons. The quantitative estimate of drug-likeness (QED) is 0.312. The summed E-state index contributed by atoms with van der Waals surface area (Å²) in [4.78, 5) is 11.0. The maximum atomic E-state index is 4.96. The Morgan fingerprint density at radius 1 is 0.778 bits per heavy atom. The Morgan fingerprint density at radius 2 is 1.56 bits per heavy atom. The molecular weight excluding hydrogens is 418 g/mol.